The van der Waals surface area contributed by atoms with Gasteiger partial charge in [-0.25, -0.2) is 8.42 Å². The lowest BCUT2D eigenvalue weighted by molar-refractivity contribution is 0.0798. The monoisotopic (exact) mass is 497 g/mol. The zero-order valence-corrected chi connectivity index (χ0v) is 20.8. The Balaban J connectivity index is 1.61. The quantitative estimate of drug-likeness (QED) is 0.425. The Morgan fingerprint density at radius 2 is 1.59 bits per heavy atom. The minimum Gasteiger partial charge on any atom is -0.472 e. The molecule has 0 bridgehead atoms. The standard InChI is InChI=1S/C27H28ClNO4S/c1-27(2)26(22-10-8-20(9-11-22)19-6-4-3-5-7-19)34(31,32)29-25(33-27)18-23(16-17-30)21-12-14-24(28)15-13-21/h3-15,23,26,30H,16-18H2,1-2H3/t23-,26?/m1/s1. The predicted molar refractivity (Wildman–Crippen MR) is 137 cm³/mol. The first-order valence-electron chi connectivity index (χ1n) is 11.2. The van der Waals surface area contributed by atoms with Gasteiger partial charge in [-0.1, -0.05) is 78.3 Å². The van der Waals surface area contributed by atoms with Crippen molar-refractivity contribution in [3.8, 4) is 11.1 Å². The number of aliphatic hydroxyl groups excluding tert-OH is 1. The van der Waals surface area contributed by atoms with Crippen molar-refractivity contribution in [3.05, 3.63) is 95.0 Å². The summed E-state index contributed by atoms with van der Waals surface area (Å²) in [5.41, 5.74) is 2.63. The molecule has 7 heteroatoms. The van der Waals surface area contributed by atoms with E-state index in [1.54, 1.807) is 26.0 Å². The number of benzene rings is 3. The average Bonchev–Trinajstić information content (AvgIpc) is 2.79. The molecule has 0 amide bonds. The molecule has 1 aliphatic rings. The van der Waals surface area contributed by atoms with Crippen LogP contribution in [0, 0.1) is 0 Å². The molecule has 1 unspecified atom stereocenters. The molecule has 0 saturated carbocycles. The number of hydrogen-bond donors (Lipinski definition) is 1. The molecule has 1 N–H and O–H groups in total. The third-order valence-corrected chi connectivity index (χ3v) is 8.25. The van der Waals surface area contributed by atoms with Gasteiger partial charge in [-0.3, -0.25) is 0 Å². The third-order valence-electron chi connectivity index (χ3n) is 6.10. The van der Waals surface area contributed by atoms with Gasteiger partial charge in [0.25, 0.3) is 10.0 Å². The van der Waals surface area contributed by atoms with Crippen molar-refractivity contribution in [3.63, 3.8) is 0 Å². The second-order valence-corrected chi connectivity index (χ2v) is 11.2. The molecule has 178 valence electrons. The van der Waals surface area contributed by atoms with E-state index >= 15 is 0 Å². The lowest BCUT2D eigenvalue weighted by atomic mass is 9.92. The van der Waals surface area contributed by atoms with Crippen molar-refractivity contribution in [2.24, 2.45) is 4.40 Å². The van der Waals surface area contributed by atoms with E-state index in [2.05, 4.69) is 4.40 Å². The van der Waals surface area contributed by atoms with Crippen molar-refractivity contribution >= 4 is 27.5 Å². The highest BCUT2D eigenvalue weighted by molar-refractivity contribution is 7.90. The number of aliphatic hydroxyl groups is 1. The van der Waals surface area contributed by atoms with Gasteiger partial charge in [0, 0.05) is 18.1 Å². The van der Waals surface area contributed by atoms with Crippen LogP contribution in [0.15, 0.2) is 83.3 Å². The van der Waals surface area contributed by atoms with Gasteiger partial charge >= 0.3 is 0 Å². The van der Waals surface area contributed by atoms with E-state index in [0.29, 0.717) is 17.0 Å². The summed E-state index contributed by atoms with van der Waals surface area (Å²) in [5, 5.41) is 9.24. The fourth-order valence-corrected chi connectivity index (χ4v) is 6.44. The third kappa shape index (κ3) is 5.35. The topological polar surface area (TPSA) is 76.0 Å². The highest BCUT2D eigenvalue weighted by Crippen LogP contribution is 2.42. The van der Waals surface area contributed by atoms with Crippen molar-refractivity contribution in [1.82, 2.24) is 0 Å². The highest BCUT2D eigenvalue weighted by Gasteiger charge is 2.47. The molecule has 0 fully saturated rings. The normalized spacial score (nSPS) is 19.6. The van der Waals surface area contributed by atoms with Crippen molar-refractivity contribution < 1.29 is 18.3 Å². The summed E-state index contributed by atoms with van der Waals surface area (Å²) in [5.74, 6) is 0.0179. The molecule has 0 aliphatic carbocycles. The molecule has 4 rings (SSSR count). The molecule has 3 aromatic carbocycles. The molecule has 5 nitrogen and oxygen atoms in total. The maximum Gasteiger partial charge on any atom is 0.267 e. The van der Waals surface area contributed by atoms with Gasteiger partial charge < -0.3 is 9.84 Å². The van der Waals surface area contributed by atoms with Crippen LogP contribution in [0.3, 0.4) is 0 Å². The van der Waals surface area contributed by atoms with Crippen LogP contribution in [0.2, 0.25) is 5.02 Å². The molecule has 34 heavy (non-hydrogen) atoms. The van der Waals surface area contributed by atoms with Crippen LogP contribution in [-0.2, 0) is 14.8 Å². The summed E-state index contributed by atoms with van der Waals surface area (Å²) < 4.78 is 36.9. The zero-order valence-electron chi connectivity index (χ0n) is 19.2. The average molecular weight is 498 g/mol. The minimum absolute atomic E-state index is 0.0346. The van der Waals surface area contributed by atoms with Crippen LogP contribution >= 0.6 is 11.6 Å². The van der Waals surface area contributed by atoms with E-state index in [1.807, 2.05) is 66.7 Å². The second-order valence-electron chi connectivity index (χ2n) is 9.04. The van der Waals surface area contributed by atoms with Crippen LogP contribution < -0.4 is 0 Å². The summed E-state index contributed by atoms with van der Waals surface area (Å²) in [6.07, 6.45) is 0.722. The van der Waals surface area contributed by atoms with E-state index in [0.717, 1.165) is 16.7 Å². The molecule has 0 spiro atoms. The lowest BCUT2D eigenvalue weighted by Gasteiger charge is -2.38. The summed E-state index contributed by atoms with van der Waals surface area (Å²) >= 11 is 6.00. The fourth-order valence-electron chi connectivity index (χ4n) is 4.55. The first kappa shape index (κ1) is 24.5. The second kappa shape index (κ2) is 9.90. The Hall–Kier alpha value is -2.67. The van der Waals surface area contributed by atoms with Gasteiger partial charge in [-0.05, 0) is 60.6 Å². The molecule has 0 radical (unpaired) electrons. The number of nitrogens with zero attached hydrogens (tertiary/aromatic N) is 1. The van der Waals surface area contributed by atoms with Gasteiger partial charge in [-0.2, -0.15) is 0 Å². The summed E-state index contributed by atoms with van der Waals surface area (Å²) in [4.78, 5) is 0. The maximum atomic E-state index is 13.3. The molecular formula is C27H28ClNO4S. The molecular weight excluding hydrogens is 470 g/mol. The summed E-state index contributed by atoms with van der Waals surface area (Å²) in [6, 6.07) is 24.7. The van der Waals surface area contributed by atoms with Crippen molar-refractivity contribution in [1.29, 1.82) is 0 Å². The van der Waals surface area contributed by atoms with E-state index in [4.69, 9.17) is 16.3 Å². The van der Waals surface area contributed by atoms with Crippen LogP contribution in [0.25, 0.3) is 11.1 Å². The Morgan fingerprint density at radius 3 is 2.18 bits per heavy atom. The Kier molecular flexibility index (Phi) is 7.12. The number of halogens is 1. The lowest BCUT2D eigenvalue weighted by Crippen LogP contribution is -2.43. The minimum atomic E-state index is -3.88. The SMILES string of the molecule is CC1(C)OC(C[C@@H](CCO)c2ccc(Cl)cc2)=NS(=O)(=O)C1c1ccc(-c2ccccc2)cc1. The Bertz CT molecular complexity index is 1250. The van der Waals surface area contributed by atoms with Gasteiger partial charge in [0.2, 0.25) is 5.90 Å². The van der Waals surface area contributed by atoms with Crippen LogP contribution in [-0.4, -0.2) is 31.6 Å². The van der Waals surface area contributed by atoms with Crippen molar-refractivity contribution in [2.45, 2.75) is 43.5 Å². The zero-order chi connectivity index (χ0) is 24.3. The van der Waals surface area contributed by atoms with Gasteiger partial charge in [-0.15, -0.1) is 4.40 Å². The predicted octanol–water partition coefficient (Wildman–Crippen LogP) is 6.14. The smallest absolute Gasteiger partial charge is 0.267 e. The van der Waals surface area contributed by atoms with Gasteiger partial charge in [0.05, 0.1) is 0 Å². The van der Waals surface area contributed by atoms with E-state index in [1.165, 1.54) is 0 Å². The Labute approximate surface area is 206 Å². The van der Waals surface area contributed by atoms with Gasteiger partial charge in [0.1, 0.15) is 10.9 Å². The van der Waals surface area contributed by atoms with Crippen LogP contribution in [0.1, 0.15) is 49.0 Å². The summed E-state index contributed by atoms with van der Waals surface area (Å²) in [6.45, 7) is 3.52. The highest BCUT2D eigenvalue weighted by atomic mass is 35.5. The fraction of sp³-hybridized carbons (Fsp3) is 0.296. The summed E-state index contributed by atoms with van der Waals surface area (Å²) in [7, 11) is -3.88. The van der Waals surface area contributed by atoms with Crippen LogP contribution in [0.4, 0.5) is 0 Å². The van der Waals surface area contributed by atoms with E-state index in [-0.39, 0.29) is 24.8 Å². The van der Waals surface area contributed by atoms with Gasteiger partial charge in [0.15, 0.2) is 0 Å². The molecule has 0 saturated heterocycles. The number of rotatable bonds is 7. The molecule has 2 atom stereocenters. The largest absolute Gasteiger partial charge is 0.472 e. The maximum absolute atomic E-state index is 13.3. The molecule has 1 heterocycles. The van der Waals surface area contributed by atoms with E-state index in [9.17, 15) is 13.5 Å². The number of ether oxygens (including phenoxy) is 1. The van der Waals surface area contributed by atoms with Crippen LogP contribution in [0.5, 0.6) is 0 Å². The molecule has 0 aromatic heterocycles. The number of sulfonamides is 1. The molecule has 3 aromatic rings. The van der Waals surface area contributed by atoms with E-state index < -0.39 is 20.9 Å². The Morgan fingerprint density at radius 1 is 0.971 bits per heavy atom. The van der Waals surface area contributed by atoms with Crippen molar-refractivity contribution in [2.75, 3.05) is 6.61 Å². The number of hydrogen-bond acceptors (Lipinski definition) is 4. The first-order chi connectivity index (χ1) is 16.2. The first-order valence-corrected chi connectivity index (χ1v) is 13.1. The molecule has 1 aliphatic heterocycles.